The molecule has 17 nitrogen and oxygen atoms in total. The van der Waals surface area contributed by atoms with Gasteiger partial charge in [0.05, 0.1) is 6.33 Å². The summed E-state index contributed by atoms with van der Waals surface area (Å²) >= 11 is 4.00. The van der Waals surface area contributed by atoms with Gasteiger partial charge >= 0.3 is 11.9 Å². The average molecular weight is 557 g/mol. The van der Waals surface area contributed by atoms with Gasteiger partial charge in [0, 0.05) is 12.2 Å². The van der Waals surface area contributed by atoms with Gasteiger partial charge in [-0.05, 0) is 6.42 Å². The molecule has 2 amide bonds. The minimum atomic E-state index is -1.42. The number of imidazole rings is 1. The molecule has 9 N–H and O–H groups in total. The van der Waals surface area contributed by atoms with Gasteiger partial charge in [-0.25, -0.2) is 15.0 Å². The van der Waals surface area contributed by atoms with E-state index in [0.717, 1.165) is 0 Å². The van der Waals surface area contributed by atoms with Gasteiger partial charge in [-0.15, -0.1) is 0 Å². The molecular weight excluding hydrogens is 528 g/mol. The zero-order valence-electron chi connectivity index (χ0n) is 19.8. The molecule has 2 aromatic heterocycles. The lowest BCUT2D eigenvalue weighted by molar-refractivity contribution is -0.150. The Balaban J connectivity index is 1.46. The first-order valence-electron chi connectivity index (χ1n) is 11.3. The first kappa shape index (κ1) is 29.0. The second-order valence-electron chi connectivity index (χ2n) is 8.32. The van der Waals surface area contributed by atoms with E-state index in [1.807, 2.05) is 0 Å². The fraction of sp³-hybridized carbons (Fsp3) is 0.550. The van der Waals surface area contributed by atoms with Gasteiger partial charge in [-0.1, -0.05) is 0 Å². The number of carbonyl (C=O) groups excluding carboxylic acids is 3. The third kappa shape index (κ3) is 6.84. The van der Waals surface area contributed by atoms with Gasteiger partial charge in [0.15, 0.2) is 17.7 Å². The van der Waals surface area contributed by atoms with Crippen LogP contribution in [0.25, 0.3) is 11.2 Å². The maximum absolute atomic E-state index is 12.3. The molecule has 0 spiro atoms. The van der Waals surface area contributed by atoms with Crippen molar-refractivity contribution in [1.29, 1.82) is 0 Å². The third-order valence-corrected chi connectivity index (χ3v) is 6.01. The Morgan fingerprint density at radius 3 is 2.63 bits per heavy atom. The predicted molar refractivity (Wildman–Crippen MR) is 130 cm³/mol. The van der Waals surface area contributed by atoms with Crippen LogP contribution in [0.15, 0.2) is 12.7 Å². The van der Waals surface area contributed by atoms with Crippen LogP contribution >= 0.6 is 12.6 Å². The molecule has 2 aromatic rings. The first-order chi connectivity index (χ1) is 18.0. The number of fused-ring (bicyclic) bond motifs is 1. The zero-order valence-corrected chi connectivity index (χ0v) is 20.7. The summed E-state index contributed by atoms with van der Waals surface area (Å²) in [5, 5.41) is 34.2. The molecular formula is C20H28N8O9S. The van der Waals surface area contributed by atoms with Crippen LogP contribution in [-0.4, -0.2) is 108 Å². The smallest absolute Gasteiger partial charge is 0.325 e. The highest BCUT2D eigenvalue weighted by molar-refractivity contribution is 7.80. The lowest BCUT2D eigenvalue weighted by Gasteiger charge is -2.17. The molecule has 3 heterocycles. The number of thiol groups is 1. The Morgan fingerprint density at radius 2 is 1.95 bits per heavy atom. The van der Waals surface area contributed by atoms with Gasteiger partial charge in [0.2, 0.25) is 11.8 Å². The number of nitrogens with zero attached hydrogens (tertiary/aromatic N) is 4. The monoisotopic (exact) mass is 556 g/mol. The SMILES string of the molecule is Nc1ncnc2c1ncn2[C@@H]1O[C@H](COC(=O)CNC(=O)C(CS)NC(=O)CCC(N)C(=O)O)[C@@H](O)[C@H]1O. The van der Waals surface area contributed by atoms with Crippen LogP contribution in [0.2, 0.25) is 0 Å². The molecule has 38 heavy (non-hydrogen) atoms. The maximum Gasteiger partial charge on any atom is 0.325 e. The Kier molecular flexibility index (Phi) is 9.75. The second-order valence-corrected chi connectivity index (χ2v) is 8.68. The van der Waals surface area contributed by atoms with Gasteiger partial charge < -0.3 is 46.9 Å². The van der Waals surface area contributed by atoms with Crippen LogP contribution in [0.3, 0.4) is 0 Å². The molecule has 1 aliphatic heterocycles. The summed E-state index contributed by atoms with van der Waals surface area (Å²) in [4.78, 5) is 59.1. The van der Waals surface area contributed by atoms with E-state index >= 15 is 0 Å². The van der Waals surface area contributed by atoms with E-state index < -0.39 is 73.5 Å². The Morgan fingerprint density at radius 1 is 1.21 bits per heavy atom. The number of nitrogen functional groups attached to an aromatic ring is 1. The number of rotatable bonds is 12. The molecule has 0 radical (unpaired) electrons. The van der Waals surface area contributed by atoms with Crippen LogP contribution in [0.5, 0.6) is 0 Å². The second kappa shape index (κ2) is 12.8. The van der Waals surface area contributed by atoms with Gasteiger partial charge in [0.1, 0.15) is 55.4 Å². The van der Waals surface area contributed by atoms with Crippen molar-refractivity contribution in [3.8, 4) is 0 Å². The summed E-state index contributed by atoms with van der Waals surface area (Å²) in [6, 6.07) is -2.32. The van der Waals surface area contributed by atoms with Crippen molar-refractivity contribution in [2.45, 2.75) is 49.5 Å². The minimum Gasteiger partial charge on any atom is -0.480 e. The molecule has 3 rings (SSSR count). The van der Waals surface area contributed by atoms with Crippen molar-refractivity contribution in [3.05, 3.63) is 12.7 Å². The van der Waals surface area contributed by atoms with Gasteiger partial charge in [-0.2, -0.15) is 12.6 Å². The van der Waals surface area contributed by atoms with Crippen molar-refractivity contribution in [1.82, 2.24) is 30.2 Å². The largest absolute Gasteiger partial charge is 0.480 e. The number of hydrogen-bond acceptors (Lipinski definition) is 14. The van der Waals surface area contributed by atoms with E-state index in [1.165, 1.54) is 17.2 Å². The van der Waals surface area contributed by atoms with E-state index in [-0.39, 0.29) is 35.6 Å². The van der Waals surface area contributed by atoms with Crippen LogP contribution < -0.4 is 22.1 Å². The first-order valence-corrected chi connectivity index (χ1v) is 11.9. The molecule has 1 fully saturated rings. The Labute approximate surface area is 220 Å². The van der Waals surface area contributed by atoms with Crippen molar-refractivity contribution in [3.63, 3.8) is 0 Å². The van der Waals surface area contributed by atoms with Gasteiger partial charge in [-0.3, -0.25) is 23.7 Å². The maximum atomic E-state index is 12.3. The summed E-state index contributed by atoms with van der Waals surface area (Å²) in [5.41, 5.74) is 11.6. The van der Waals surface area contributed by atoms with Crippen LogP contribution in [0.4, 0.5) is 5.82 Å². The Hall–Kier alpha value is -3.58. The van der Waals surface area contributed by atoms with E-state index in [9.17, 15) is 29.4 Å². The molecule has 0 aliphatic carbocycles. The molecule has 0 bridgehead atoms. The third-order valence-electron chi connectivity index (χ3n) is 5.65. The molecule has 2 unspecified atom stereocenters. The number of ether oxygens (including phenoxy) is 2. The Bertz CT molecular complexity index is 1180. The molecule has 1 aliphatic rings. The summed E-state index contributed by atoms with van der Waals surface area (Å²) in [7, 11) is 0. The lowest BCUT2D eigenvalue weighted by Crippen LogP contribution is -2.49. The molecule has 18 heteroatoms. The lowest BCUT2D eigenvalue weighted by atomic mass is 10.1. The number of esters is 1. The van der Waals surface area contributed by atoms with Crippen molar-refractivity contribution in [2.24, 2.45) is 5.73 Å². The fourth-order valence-corrected chi connectivity index (χ4v) is 3.79. The topological polar surface area (TPSA) is 267 Å². The highest BCUT2D eigenvalue weighted by atomic mass is 32.1. The highest BCUT2D eigenvalue weighted by Crippen LogP contribution is 2.32. The van der Waals surface area contributed by atoms with Crippen LogP contribution in [0.1, 0.15) is 19.1 Å². The number of aromatic nitrogens is 4. The van der Waals surface area contributed by atoms with Crippen molar-refractivity contribution in [2.75, 3.05) is 24.6 Å². The number of nitrogens with one attached hydrogen (secondary N) is 2. The number of carbonyl (C=O) groups is 4. The number of aliphatic hydroxyl groups excluding tert-OH is 2. The van der Waals surface area contributed by atoms with Crippen molar-refractivity contribution >= 4 is 53.4 Å². The molecule has 0 aromatic carbocycles. The number of aliphatic carboxylic acids is 1. The molecule has 6 atom stereocenters. The van der Waals surface area contributed by atoms with E-state index in [1.54, 1.807) is 0 Å². The number of carboxylic acid groups (broad SMARTS) is 1. The average Bonchev–Trinajstić information content (AvgIpc) is 3.44. The normalized spacial score (nSPS) is 22.5. The van der Waals surface area contributed by atoms with Crippen LogP contribution in [-0.2, 0) is 28.7 Å². The zero-order chi connectivity index (χ0) is 28.0. The summed E-state index contributed by atoms with van der Waals surface area (Å²) in [6.07, 6.45) is -2.85. The van der Waals surface area contributed by atoms with E-state index in [2.05, 4.69) is 38.2 Å². The summed E-state index contributed by atoms with van der Waals surface area (Å²) < 4.78 is 12.1. The number of carboxylic acids is 1. The minimum absolute atomic E-state index is 0.0987. The number of nitrogens with two attached hydrogens (primary N) is 2. The van der Waals surface area contributed by atoms with Crippen molar-refractivity contribution < 1.29 is 44.0 Å². The quantitative estimate of drug-likeness (QED) is 0.0923. The summed E-state index contributed by atoms with van der Waals surface area (Å²) in [5.74, 6) is -3.45. The number of anilines is 1. The number of hydrogen-bond donors (Lipinski definition) is 8. The fourth-order valence-electron chi connectivity index (χ4n) is 3.53. The standard InChI is InChI=1S/C20H28N8O9S/c21-8(20(34)35)1-2-11(29)27-9(5-38)18(33)23-3-12(30)36-4-10-14(31)15(32)19(37-10)28-7-26-13-16(22)24-6-25-17(13)28/h6-10,14-15,19,31-32,38H,1-5,21H2,(H,23,33)(H,27,29)(H,34,35)(H2,22,24,25)/t8?,9?,10-,14-,15-,19-/m1/s1. The summed E-state index contributed by atoms with van der Waals surface area (Å²) in [6.45, 7) is -1.01. The number of amides is 2. The van der Waals surface area contributed by atoms with Gasteiger partial charge in [0.25, 0.3) is 0 Å². The predicted octanol–water partition coefficient (Wildman–Crippen LogP) is -3.71. The number of aliphatic hydroxyl groups is 2. The van der Waals surface area contributed by atoms with E-state index in [0.29, 0.717) is 0 Å². The molecule has 1 saturated heterocycles. The molecule has 208 valence electrons. The highest BCUT2D eigenvalue weighted by Gasteiger charge is 2.45. The van der Waals surface area contributed by atoms with E-state index in [4.69, 9.17) is 26.0 Å². The molecule has 0 saturated carbocycles. The van der Waals surface area contributed by atoms with Crippen LogP contribution in [0, 0.1) is 0 Å².